The quantitative estimate of drug-likeness (QED) is 0.549. The van der Waals surface area contributed by atoms with E-state index in [2.05, 4.69) is 22.1 Å². The van der Waals surface area contributed by atoms with Crippen LogP contribution in [0.5, 0.6) is 0 Å². The summed E-state index contributed by atoms with van der Waals surface area (Å²) in [6.45, 7) is 0. The van der Waals surface area contributed by atoms with Gasteiger partial charge in [0.05, 0.1) is 11.1 Å². The minimum Gasteiger partial charge on any atom is -0.451 e. The summed E-state index contributed by atoms with van der Waals surface area (Å²) in [5.41, 5.74) is 1.92. The molecule has 0 radical (unpaired) electrons. The van der Waals surface area contributed by atoms with Gasteiger partial charge in [0.15, 0.2) is 11.5 Å². The number of nitrogens with zero attached hydrogens (tertiary/aromatic N) is 4. The van der Waals surface area contributed by atoms with Crippen LogP contribution >= 0.6 is 0 Å². The Morgan fingerprint density at radius 1 is 0.720 bits per heavy atom. The third-order valence-electron chi connectivity index (χ3n) is 3.89. The third-order valence-corrected chi connectivity index (χ3v) is 3.89. The first-order valence-electron chi connectivity index (χ1n) is 7.55. The van der Waals surface area contributed by atoms with Gasteiger partial charge in [-0.05, 0) is 36.4 Å². The zero-order valence-corrected chi connectivity index (χ0v) is 13.0. The minimum atomic E-state index is 0.306. The van der Waals surface area contributed by atoms with Crippen molar-refractivity contribution in [1.29, 1.82) is 10.5 Å². The molecule has 4 aromatic rings. The van der Waals surface area contributed by atoms with Crippen LogP contribution in [0.25, 0.3) is 33.7 Å². The summed E-state index contributed by atoms with van der Waals surface area (Å²) >= 11 is 0. The van der Waals surface area contributed by atoms with Gasteiger partial charge in [0.1, 0.15) is 23.5 Å². The third kappa shape index (κ3) is 2.41. The molecule has 0 fully saturated rings. The van der Waals surface area contributed by atoms with Crippen molar-refractivity contribution in [2.45, 2.75) is 0 Å². The van der Waals surface area contributed by atoms with Crippen LogP contribution in [0.3, 0.4) is 0 Å². The average molecular weight is 322 g/mol. The molecule has 0 bridgehead atoms. The second kappa shape index (κ2) is 5.92. The van der Waals surface area contributed by atoms with Crippen molar-refractivity contribution in [2.75, 3.05) is 0 Å². The van der Waals surface area contributed by atoms with Crippen molar-refractivity contribution in [3.8, 4) is 35.0 Å². The first-order valence-corrected chi connectivity index (χ1v) is 7.55. The van der Waals surface area contributed by atoms with Gasteiger partial charge in [0, 0.05) is 23.2 Å². The molecule has 116 valence electrons. The molecule has 0 unspecified atom stereocenters. The van der Waals surface area contributed by atoms with Gasteiger partial charge in [-0.15, -0.1) is 0 Å². The van der Waals surface area contributed by atoms with Gasteiger partial charge in [-0.1, -0.05) is 12.1 Å². The molecular weight excluding hydrogens is 312 g/mol. The molecule has 25 heavy (non-hydrogen) atoms. The van der Waals surface area contributed by atoms with Gasteiger partial charge in [-0.3, -0.25) is 9.97 Å². The molecule has 0 spiro atoms. The number of hydrogen-bond acceptors (Lipinski definition) is 5. The molecule has 0 aliphatic carbocycles. The van der Waals surface area contributed by atoms with E-state index in [1.807, 2.05) is 36.4 Å². The fraction of sp³-hybridized carbons (Fsp3) is 0. The first kappa shape index (κ1) is 14.6. The molecule has 0 atom stereocenters. The molecule has 3 aromatic heterocycles. The van der Waals surface area contributed by atoms with E-state index >= 15 is 0 Å². The SMILES string of the molecule is N#Cc1cc2c(-c3ccccn3)oc(-c3ccccn3)c2cc1C#N. The van der Waals surface area contributed by atoms with Crippen LogP contribution in [0.2, 0.25) is 0 Å². The Kier molecular flexibility index (Phi) is 3.46. The Hall–Kier alpha value is -3.96. The highest BCUT2D eigenvalue weighted by Gasteiger charge is 2.20. The molecule has 0 amide bonds. The first-order chi connectivity index (χ1) is 12.3. The van der Waals surface area contributed by atoms with E-state index in [1.54, 1.807) is 24.5 Å². The maximum atomic E-state index is 9.33. The summed E-state index contributed by atoms with van der Waals surface area (Å²) in [6, 6.07) is 18.5. The number of pyridine rings is 2. The van der Waals surface area contributed by atoms with E-state index in [0.717, 1.165) is 10.8 Å². The number of rotatable bonds is 2. The highest BCUT2D eigenvalue weighted by Crippen LogP contribution is 2.39. The summed E-state index contributed by atoms with van der Waals surface area (Å²) in [5, 5.41) is 20.1. The molecule has 3 heterocycles. The molecule has 5 heteroatoms. The van der Waals surface area contributed by atoms with Crippen LogP contribution in [-0.4, -0.2) is 9.97 Å². The van der Waals surface area contributed by atoms with Gasteiger partial charge in [0.25, 0.3) is 0 Å². The van der Waals surface area contributed by atoms with E-state index in [9.17, 15) is 10.5 Å². The Labute approximate surface area is 143 Å². The topological polar surface area (TPSA) is 86.5 Å². The van der Waals surface area contributed by atoms with E-state index in [1.165, 1.54) is 0 Å². The van der Waals surface area contributed by atoms with Crippen LogP contribution in [0.15, 0.2) is 65.3 Å². The minimum absolute atomic E-state index is 0.306. The van der Waals surface area contributed by atoms with E-state index in [0.29, 0.717) is 34.0 Å². The van der Waals surface area contributed by atoms with E-state index < -0.39 is 0 Å². The molecule has 0 aliphatic heterocycles. The predicted octanol–water partition coefficient (Wildman–Crippen LogP) is 4.30. The van der Waals surface area contributed by atoms with Crippen molar-refractivity contribution < 1.29 is 4.42 Å². The second-order valence-electron chi connectivity index (χ2n) is 5.36. The Bertz CT molecular complexity index is 1060. The van der Waals surface area contributed by atoms with Gasteiger partial charge in [0.2, 0.25) is 0 Å². The van der Waals surface area contributed by atoms with Gasteiger partial charge in [-0.25, -0.2) is 0 Å². The van der Waals surface area contributed by atoms with Gasteiger partial charge in [-0.2, -0.15) is 10.5 Å². The second-order valence-corrected chi connectivity index (χ2v) is 5.36. The Morgan fingerprint density at radius 3 is 1.56 bits per heavy atom. The van der Waals surface area contributed by atoms with Crippen LogP contribution in [-0.2, 0) is 0 Å². The number of benzene rings is 1. The number of fused-ring (bicyclic) bond motifs is 1. The lowest BCUT2D eigenvalue weighted by Gasteiger charge is -1.98. The summed E-state index contributed by atoms with van der Waals surface area (Å²) in [7, 11) is 0. The van der Waals surface area contributed by atoms with Crippen molar-refractivity contribution in [2.24, 2.45) is 0 Å². The Morgan fingerprint density at radius 2 is 1.20 bits per heavy atom. The molecule has 0 aliphatic rings. The van der Waals surface area contributed by atoms with Crippen LogP contribution in [0, 0.1) is 22.7 Å². The molecule has 0 saturated heterocycles. The monoisotopic (exact) mass is 322 g/mol. The molecule has 1 aromatic carbocycles. The zero-order valence-electron chi connectivity index (χ0n) is 13.0. The fourth-order valence-electron chi connectivity index (χ4n) is 2.75. The van der Waals surface area contributed by atoms with Crippen molar-refractivity contribution in [1.82, 2.24) is 9.97 Å². The van der Waals surface area contributed by atoms with E-state index in [4.69, 9.17) is 4.42 Å². The van der Waals surface area contributed by atoms with Gasteiger partial charge >= 0.3 is 0 Å². The molecular formula is C20H10N4O. The highest BCUT2D eigenvalue weighted by atomic mass is 16.3. The zero-order chi connectivity index (χ0) is 17.2. The lowest BCUT2D eigenvalue weighted by molar-refractivity contribution is 0.597. The van der Waals surface area contributed by atoms with Crippen molar-refractivity contribution in [3.63, 3.8) is 0 Å². The van der Waals surface area contributed by atoms with Crippen LogP contribution < -0.4 is 0 Å². The van der Waals surface area contributed by atoms with E-state index in [-0.39, 0.29) is 0 Å². The summed E-state index contributed by atoms with van der Waals surface area (Å²) < 4.78 is 6.09. The largest absolute Gasteiger partial charge is 0.451 e. The fourth-order valence-corrected chi connectivity index (χ4v) is 2.75. The Balaban J connectivity index is 2.10. The normalized spacial score (nSPS) is 10.3. The lowest BCUT2D eigenvalue weighted by Crippen LogP contribution is -1.86. The van der Waals surface area contributed by atoms with Gasteiger partial charge < -0.3 is 4.42 Å². The summed E-state index contributed by atoms with van der Waals surface area (Å²) in [4.78, 5) is 8.68. The number of aromatic nitrogens is 2. The molecule has 5 nitrogen and oxygen atoms in total. The number of furan rings is 1. The van der Waals surface area contributed by atoms with Crippen LogP contribution in [0.4, 0.5) is 0 Å². The number of nitriles is 2. The smallest absolute Gasteiger partial charge is 0.161 e. The predicted molar refractivity (Wildman–Crippen MR) is 92.1 cm³/mol. The number of hydrogen-bond donors (Lipinski definition) is 0. The molecule has 0 saturated carbocycles. The molecule has 4 rings (SSSR count). The van der Waals surface area contributed by atoms with Crippen LogP contribution in [0.1, 0.15) is 11.1 Å². The highest BCUT2D eigenvalue weighted by molar-refractivity contribution is 6.03. The maximum Gasteiger partial charge on any atom is 0.161 e. The standard InChI is InChI=1S/C20H10N4O/c21-11-13-9-15-16(10-14(13)12-22)20(18-6-2-4-8-24-18)25-19(15)17-5-1-3-7-23-17/h1-10H. The van der Waals surface area contributed by atoms with Crippen molar-refractivity contribution >= 4 is 10.8 Å². The average Bonchev–Trinajstić information content (AvgIpc) is 3.06. The molecule has 0 N–H and O–H groups in total. The summed E-state index contributed by atoms with van der Waals surface area (Å²) in [5.74, 6) is 1.11. The maximum absolute atomic E-state index is 9.33. The van der Waals surface area contributed by atoms with Crippen molar-refractivity contribution in [3.05, 3.63) is 72.1 Å². The lowest BCUT2D eigenvalue weighted by atomic mass is 10.0. The summed E-state index contributed by atoms with van der Waals surface area (Å²) in [6.07, 6.45) is 3.36.